The summed E-state index contributed by atoms with van der Waals surface area (Å²) in [6.45, 7) is 1.55. The summed E-state index contributed by atoms with van der Waals surface area (Å²) < 4.78 is 5.66. The first-order chi connectivity index (χ1) is 8.77. The minimum absolute atomic E-state index is 0.0127. The third-order valence-corrected chi connectivity index (χ3v) is 4.56. The molecular weight excluding hydrogens is 294 g/mol. The molecule has 1 aromatic carbocycles. The van der Waals surface area contributed by atoms with Gasteiger partial charge in [-0.05, 0) is 18.9 Å². The molecular formula is C14H16BrNO2. The Labute approximate surface area is 115 Å². The zero-order chi connectivity index (χ0) is 12.5. The number of piperidine rings is 1. The molecule has 1 fully saturated rings. The van der Waals surface area contributed by atoms with Crippen molar-refractivity contribution in [1.82, 2.24) is 4.90 Å². The van der Waals surface area contributed by atoms with Crippen molar-refractivity contribution in [3.05, 3.63) is 29.8 Å². The van der Waals surface area contributed by atoms with Crippen molar-refractivity contribution in [2.75, 3.05) is 13.2 Å². The van der Waals surface area contributed by atoms with Crippen LogP contribution in [0.25, 0.3) is 0 Å². The highest BCUT2D eigenvalue weighted by Crippen LogP contribution is 2.37. The van der Waals surface area contributed by atoms with Gasteiger partial charge < -0.3 is 9.64 Å². The second-order valence-electron chi connectivity index (χ2n) is 4.83. The Morgan fingerprint density at radius 3 is 3.00 bits per heavy atom. The molecule has 3 nitrogen and oxygen atoms in total. The molecule has 96 valence electrons. The van der Waals surface area contributed by atoms with Crippen LogP contribution < -0.4 is 4.74 Å². The van der Waals surface area contributed by atoms with Gasteiger partial charge in [-0.2, -0.15) is 0 Å². The van der Waals surface area contributed by atoms with Crippen LogP contribution in [0.1, 0.15) is 30.9 Å². The van der Waals surface area contributed by atoms with Gasteiger partial charge in [0, 0.05) is 18.5 Å². The minimum atomic E-state index is -0.0127. The number of hydrogen-bond acceptors (Lipinski definition) is 2. The zero-order valence-corrected chi connectivity index (χ0v) is 11.7. The molecule has 0 radical (unpaired) electrons. The molecule has 2 aliphatic heterocycles. The molecule has 3 rings (SSSR count). The predicted octanol–water partition coefficient (Wildman–Crippen LogP) is 2.90. The lowest BCUT2D eigenvalue weighted by molar-refractivity contribution is -0.135. The normalized spacial score (nSPS) is 27.6. The Hall–Kier alpha value is -1.03. The maximum atomic E-state index is 12.3. The molecule has 0 spiro atoms. The van der Waals surface area contributed by atoms with Gasteiger partial charge in [0.05, 0.1) is 17.5 Å². The largest absolute Gasteiger partial charge is 0.493 e. The molecule has 2 atom stereocenters. The Bertz CT molecular complexity index is 463. The second kappa shape index (κ2) is 4.92. The van der Waals surface area contributed by atoms with E-state index in [2.05, 4.69) is 22.0 Å². The molecule has 1 amide bonds. The number of carbonyl (C=O) groups is 1. The topological polar surface area (TPSA) is 29.5 Å². The van der Waals surface area contributed by atoms with Crippen LogP contribution in [0.4, 0.5) is 0 Å². The van der Waals surface area contributed by atoms with Crippen molar-refractivity contribution in [3.8, 4) is 5.75 Å². The first kappa shape index (κ1) is 12.0. The average Bonchev–Trinajstić information content (AvgIpc) is 2.41. The summed E-state index contributed by atoms with van der Waals surface area (Å²) in [6, 6.07) is 8.24. The number of nitrogens with zero attached hydrogens (tertiary/aromatic N) is 1. The average molecular weight is 310 g/mol. The van der Waals surface area contributed by atoms with Gasteiger partial charge in [0.1, 0.15) is 5.75 Å². The fourth-order valence-electron chi connectivity index (χ4n) is 2.81. The summed E-state index contributed by atoms with van der Waals surface area (Å²) in [4.78, 5) is 14.3. The van der Waals surface area contributed by atoms with E-state index >= 15 is 0 Å². The Morgan fingerprint density at radius 1 is 1.28 bits per heavy atom. The van der Waals surface area contributed by atoms with Crippen LogP contribution in [0.5, 0.6) is 5.75 Å². The monoisotopic (exact) mass is 309 g/mol. The number of hydrogen-bond donors (Lipinski definition) is 0. The van der Waals surface area contributed by atoms with E-state index < -0.39 is 0 Å². The first-order valence-corrected chi connectivity index (χ1v) is 7.35. The standard InChI is InChI=1S/C14H16BrNO2/c15-11-5-3-8-16(14(11)17)12-7-9-18-13-6-2-1-4-10(12)13/h1-2,4,6,11-12H,3,5,7-9H2. The number of rotatable bonds is 1. The van der Waals surface area contributed by atoms with Crippen molar-refractivity contribution in [2.24, 2.45) is 0 Å². The number of benzene rings is 1. The fourth-order valence-corrected chi connectivity index (χ4v) is 3.40. The molecule has 1 aromatic rings. The van der Waals surface area contributed by atoms with Crippen LogP contribution in [0, 0.1) is 0 Å². The molecule has 18 heavy (non-hydrogen) atoms. The Balaban J connectivity index is 1.91. The van der Waals surface area contributed by atoms with Gasteiger partial charge in [-0.25, -0.2) is 0 Å². The first-order valence-electron chi connectivity index (χ1n) is 6.43. The summed E-state index contributed by atoms with van der Waals surface area (Å²) in [7, 11) is 0. The van der Waals surface area contributed by atoms with Gasteiger partial charge >= 0.3 is 0 Å². The van der Waals surface area contributed by atoms with E-state index in [1.54, 1.807) is 0 Å². The Morgan fingerprint density at radius 2 is 2.11 bits per heavy atom. The van der Waals surface area contributed by atoms with Crippen molar-refractivity contribution in [1.29, 1.82) is 0 Å². The van der Waals surface area contributed by atoms with Gasteiger partial charge in [-0.15, -0.1) is 0 Å². The van der Waals surface area contributed by atoms with Gasteiger partial charge in [-0.1, -0.05) is 34.1 Å². The molecule has 0 N–H and O–H groups in total. The van der Waals surface area contributed by atoms with Gasteiger partial charge in [0.15, 0.2) is 0 Å². The summed E-state index contributed by atoms with van der Waals surface area (Å²) >= 11 is 3.48. The fraction of sp³-hybridized carbons (Fsp3) is 0.500. The molecule has 4 heteroatoms. The molecule has 2 unspecified atom stereocenters. The maximum Gasteiger partial charge on any atom is 0.236 e. The van der Waals surface area contributed by atoms with E-state index in [-0.39, 0.29) is 16.8 Å². The number of para-hydroxylation sites is 1. The van der Waals surface area contributed by atoms with Crippen molar-refractivity contribution >= 4 is 21.8 Å². The predicted molar refractivity (Wildman–Crippen MR) is 73.0 cm³/mol. The minimum Gasteiger partial charge on any atom is -0.493 e. The number of carbonyl (C=O) groups excluding carboxylic acids is 1. The lowest BCUT2D eigenvalue weighted by Crippen LogP contribution is -2.45. The van der Waals surface area contributed by atoms with Crippen LogP contribution in [0.15, 0.2) is 24.3 Å². The van der Waals surface area contributed by atoms with E-state index in [1.165, 1.54) is 0 Å². The summed E-state index contributed by atoms with van der Waals surface area (Å²) in [5, 5.41) is 0. The van der Waals surface area contributed by atoms with E-state index in [1.807, 2.05) is 23.1 Å². The molecule has 0 aromatic heterocycles. The van der Waals surface area contributed by atoms with Crippen LogP contribution in [-0.4, -0.2) is 28.8 Å². The molecule has 0 saturated carbocycles. The zero-order valence-electron chi connectivity index (χ0n) is 10.1. The smallest absolute Gasteiger partial charge is 0.236 e. The van der Waals surface area contributed by atoms with Gasteiger partial charge in [0.2, 0.25) is 5.91 Å². The van der Waals surface area contributed by atoms with E-state index in [0.29, 0.717) is 6.61 Å². The number of fused-ring (bicyclic) bond motifs is 1. The SMILES string of the molecule is O=C1C(Br)CCCN1C1CCOc2ccccc21. The van der Waals surface area contributed by atoms with E-state index in [4.69, 9.17) is 4.74 Å². The lowest BCUT2D eigenvalue weighted by atomic mass is 9.96. The van der Waals surface area contributed by atoms with E-state index in [0.717, 1.165) is 37.1 Å². The second-order valence-corrected chi connectivity index (χ2v) is 5.94. The van der Waals surface area contributed by atoms with Crippen molar-refractivity contribution in [3.63, 3.8) is 0 Å². The number of alkyl halides is 1. The lowest BCUT2D eigenvalue weighted by Gasteiger charge is -2.39. The van der Waals surface area contributed by atoms with Gasteiger partial charge in [0.25, 0.3) is 0 Å². The van der Waals surface area contributed by atoms with Crippen LogP contribution in [0.2, 0.25) is 0 Å². The molecule has 0 bridgehead atoms. The number of amides is 1. The third-order valence-electron chi connectivity index (χ3n) is 3.71. The van der Waals surface area contributed by atoms with Crippen LogP contribution in [-0.2, 0) is 4.79 Å². The molecule has 2 heterocycles. The Kier molecular flexibility index (Phi) is 3.29. The van der Waals surface area contributed by atoms with Crippen LogP contribution >= 0.6 is 15.9 Å². The van der Waals surface area contributed by atoms with Crippen molar-refractivity contribution in [2.45, 2.75) is 30.1 Å². The number of ether oxygens (including phenoxy) is 1. The summed E-state index contributed by atoms with van der Waals surface area (Å²) in [5.41, 5.74) is 1.15. The summed E-state index contributed by atoms with van der Waals surface area (Å²) in [5.74, 6) is 1.15. The van der Waals surface area contributed by atoms with Crippen LogP contribution in [0.3, 0.4) is 0 Å². The highest BCUT2D eigenvalue weighted by atomic mass is 79.9. The maximum absolute atomic E-state index is 12.3. The summed E-state index contributed by atoms with van der Waals surface area (Å²) in [6.07, 6.45) is 2.91. The molecule has 1 saturated heterocycles. The van der Waals surface area contributed by atoms with Crippen molar-refractivity contribution < 1.29 is 9.53 Å². The third kappa shape index (κ3) is 2.03. The molecule has 0 aliphatic carbocycles. The van der Waals surface area contributed by atoms with Gasteiger partial charge in [-0.3, -0.25) is 4.79 Å². The van der Waals surface area contributed by atoms with E-state index in [9.17, 15) is 4.79 Å². The number of halogens is 1. The highest BCUT2D eigenvalue weighted by molar-refractivity contribution is 9.10. The highest BCUT2D eigenvalue weighted by Gasteiger charge is 2.34. The quantitative estimate of drug-likeness (QED) is 0.747. The molecule has 2 aliphatic rings. The number of likely N-dealkylation sites (tertiary alicyclic amines) is 1.